The van der Waals surface area contributed by atoms with E-state index in [0.717, 1.165) is 0 Å². The number of hydrogen-bond donors (Lipinski definition) is 1. The highest BCUT2D eigenvalue weighted by atomic mass is 32.2. The third kappa shape index (κ3) is 3.30. The van der Waals surface area contributed by atoms with Crippen LogP contribution < -0.4 is 5.32 Å². The van der Waals surface area contributed by atoms with E-state index in [-0.39, 0.29) is 17.5 Å². The fraction of sp³-hybridized carbons (Fsp3) is 0.286. The van der Waals surface area contributed by atoms with Gasteiger partial charge in [-0.3, -0.25) is 14.9 Å². The first-order valence-corrected chi connectivity index (χ1v) is 7.76. The molecular formula is C14H15N3O3S. The fourth-order valence-corrected chi connectivity index (χ4v) is 2.67. The number of nitro benzene ring substituents is 1. The van der Waals surface area contributed by atoms with Gasteiger partial charge in [0, 0.05) is 29.3 Å². The van der Waals surface area contributed by atoms with Crippen LogP contribution in [0.5, 0.6) is 0 Å². The summed E-state index contributed by atoms with van der Waals surface area (Å²) in [5.41, 5.74) is 0.00237. The Balaban J connectivity index is 2.39. The molecule has 0 aliphatic carbocycles. The molecule has 0 bridgehead atoms. The second-order valence-electron chi connectivity index (χ2n) is 4.63. The zero-order valence-electron chi connectivity index (χ0n) is 11.7. The number of non-ortho nitro benzene ring substituents is 1. The van der Waals surface area contributed by atoms with Gasteiger partial charge in [-0.25, -0.2) is 4.98 Å². The summed E-state index contributed by atoms with van der Waals surface area (Å²) in [6.07, 6.45) is 3.40. The number of nitrogens with one attached hydrogen (secondary N) is 1. The Hall–Kier alpha value is -2.15. The Labute approximate surface area is 126 Å². The number of nitrogens with zero attached hydrogens (tertiary/aromatic N) is 2. The Morgan fingerprint density at radius 2 is 2.19 bits per heavy atom. The molecule has 1 aromatic heterocycles. The molecule has 1 amide bonds. The number of carbonyl (C=O) groups excluding carboxylic acids is 1. The number of benzene rings is 1. The number of nitro groups is 1. The predicted molar refractivity (Wildman–Crippen MR) is 84.6 cm³/mol. The van der Waals surface area contributed by atoms with Crippen LogP contribution >= 0.6 is 11.8 Å². The molecule has 2 aromatic rings. The van der Waals surface area contributed by atoms with E-state index < -0.39 is 4.92 Å². The second kappa shape index (κ2) is 6.53. The normalized spacial score (nSPS) is 12.1. The third-order valence-corrected chi connectivity index (χ3v) is 3.92. The quantitative estimate of drug-likeness (QED) is 0.677. The molecule has 2 rings (SSSR count). The summed E-state index contributed by atoms with van der Waals surface area (Å²) in [7, 11) is 0. The van der Waals surface area contributed by atoms with Gasteiger partial charge in [-0.2, -0.15) is 11.8 Å². The molecule has 6 nitrogen and oxygen atoms in total. The lowest BCUT2D eigenvalue weighted by molar-refractivity contribution is -0.383. The summed E-state index contributed by atoms with van der Waals surface area (Å²) in [5, 5.41) is 14.8. The van der Waals surface area contributed by atoms with Crippen molar-refractivity contribution in [3.63, 3.8) is 0 Å². The lowest BCUT2D eigenvalue weighted by Gasteiger charge is -2.11. The largest absolute Gasteiger partial charge is 0.310 e. The Morgan fingerprint density at radius 3 is 2.86 bits per heavy atom. The zero-order valence-corrected chi connectivity index (χ0v) is 12.5. The van der Waals surface area contributed by atoms with Crippen LogP contribution in [0, 0.1) is 16.0 Å². The summed E-state index contributed by atoms with van der Waals surface area (Å²) in [5.74, 6) is 0.761. The van der Waals surface area contributed by atoms with Crippen LogP contribution in [0.1, 0.15) is 6.92 Å². The van der Waals surface area contributed by atoms with Crippen molar-refractivity contribution in [2.24, 2.45) is 5.92 Å². The fourth-order valence-electron chi connectivity index (χ4n) is 2.01. The van der Waals surface area contributed by atoms with Crippen LogP contribution in [0.15, 0.2) is 30.5 Å². The Morgan fingerprint density at radius 1 is 1.43 bits per heavy atom. The Bertz CT molecular complexity index is 690. The average Bonchev–Trinajstić information content (AvgIpc) is 2.47. The van der Waals surface area contributed by atoms with E-state index in [1.807, 2.05) is 13.2 Å². The van der Waals surface area contributed by atoms with Gasteiger partial charge in [-0.15, -0.1) is 0 Å². The molecule has 0 saturated heterocycles. The minimum Gasteiger partial charge on any atom is -0.310 e. The molecule has 21 heavy (non-hydrogen) atoms. The highest BCUT2D eigenvalue weighted by Gasteiger charge is 2.17. The molecule has 1 unspecified atom stereocenters. The minimum absolute atomic E-state index is 0.00237. The van der Waals surface area contributed by atoms with Crippen molar-refractivity contribution in [1.82, 2.24) is 4.98 Å². The van der Waals surface area contributed by atoms with E-state index in [4.69, 9.17) is 0 Å². The van der Waals surface area contributed by atoms with Gasteiger partial charge in [0.1, 0.15) is 5.82 Å². The number of pyridine rings is 1. The van der Waals surface area contributed by atoms with Crippen LogP contribution in [-0.2, 0) is 4.79 Å². The number of anilines is 1. The van der Waals surface area contributed by atoms with Crippen molar-refractivity contribution >= 4 is 39.9 Å². The molecule has 1 heterocycles. The molecule has 0 saturated carbocycles. The van der Waals surface area contributed by atoms with E-state index in [9.17, 15) is 14.9 Å². The van der Waals surface area contributed by atoms with Crippen molar-refractivity contribution in [1.29, 1.82) is 0 Å². The van der Waals surface area contributed by atoms with Crippen LogP contribution in [0.4, 0.5) is 11.5 Å². The number of rotatable bonds is 5. The molecule has 7 heteroatoms. The van der Waals surface area contributed by atoms with Gasteiger partial charge < -0.3 is 5.32 Å². The van der Waals surface area contributed by atoms with Crippen molar-refractivity contribution < 1.29 is 9.72 Å². The lowest BCUT2D eigenvalue weighted by atomic mass is 10.1. The van der Waals surface area contributed by atoms with Crippen molar-refractivity contribution in [3.05, 3.63) is 40.6 Å². The summed E-state index contributed by atoms with van der Waals surface area (Å²) >= 11 is 1.59. The molecular weight excluding hydrogens is 290 g/mol. The van der Waals surface area contributed by atoms with E-state index in [1.165, 1.54) is 12.3 Å². The summed E-state index contributed by atoms with van der Waals surface area (Å²) in [4.78, 5) is 26.8. The number of hydrogen-bond acceptors (Lipinski definition) is 5. The van der Waals surface area contributed by atoms with E-state index in [2.05, 4.69) is 10.3 Å². The standard InChI is InChI=1S/C14H15N3O3S/c1-9(8-21-2)14(18)16-13-11-4-3-5-12(17(19)20)10(11)6-7-15-13/h3-7,9H,8H2,1-2H3,(H,15,16,18). The molecule has 0 fully saturated rings. The zero-order chi connectivity index (χ0) is 15.4. The van der Waals surface area contributed by atoms with Gasteiger partial charge in [0.05, 0.1) is 10.3 Å². The molecule has 0 aliphatic heterocycles. The molecule has 0 spiro atoms. The van der Waals surface area contributed by atoms with Gasteiger partial charge in [-0.1, -0.05) is 19.1 Å². The summed E-state index contributed by atoms with van der Waals surface area (Å²) in [6.45, 7) is 1.83. The third-order valence-electron chi connectivity index (χ3n) is 3.09. The number of aromatic nitrogens is 1. The van der Waals surface area contributed by atoms with Crippen molar-refractivity contribution in [3.8, 4) is 0 Å². The number of fused-ring (bicyclic) bond motifs is 1. The molecule has 1 atom stereocenters. The monoisotopic (exact) mass is 305 g/mol. The predicted octanol–water partition coefficient (Wildman–Crippen LogP) is 3.08. The number of thioether (sulfide) groups is 1. The van der Waals surface area contributed by atoms with Gasteiger partial charge in [0.15, 0.2) is 0 Å². The molecule has 0 radical (unpaired) electrons. The Kier molecular flexibility index (Phi) is 4.74. The van der Waals surface area contributed by atoms with E-state index >= 15 is 0 Å². The van der Waals surface area contributed by atoms with Crippen LogP contribution in [0.2, 0.25) is 0 Å². The van der Waals surface area contributed by atoms with Gasteiger partial charge >= 0.3 is 0 Å². The van der Waals surface area contributed by atoms with Crippen molar-refractivity contribution in [2.45, 2.75) is 6.92 Å². The number of carbonyl (C=O) groups is 1. The first-order chi connectivity index (χ1) is 10.0. The van der Waals surface area contributed by atoms with Crippen LogP contribution in [0.3, 0.4) is 0 Å². The SMILES string of the molecule is CSCC(C)C(=O)Nc1nccc2c([N+](=O)[O-])cccc12. The maximum Gasteiger partial charge on any atom is 0.277 e. The van der Waals surface area contributed by atoms with Gasteiger partial charge in [0.2, 0.25) is 5.91 Å². The molecule has 1 aromatic carbocycles. The highest BCUT2D eigenvalue weighted by Crippen LogP contribution is 2.29. The van der Waals surface area contributed by atoms with Gasteiger partial charge in [0.25, 0.3) is 5.69 Å². The maximum atomic E-state index is 12.1. The topological polar surface area (TPSA) is 85.1 Å². The van der Waals surface area contributed by atoms with Crippen LogP contribution in [-0.4, -0.2) is 27.8 Å². The first-order valence-electron chi connectivity index (χ1n) is 6.36. The van der Waals surface area contributed by atoms with E-state index in [0.29, 0.717) is 22.3 Å². The second-order valence-corrected chi connectivity index (χ2v) is 5.55. The van der Waals surface area contributed by atoms with Crippen molar-refractivity contribution in [2.75, 3.05) is 17.3 Å². The summed E-state index contributed by atoms with van der Waals surface area (Å²) in [6, 6.07) is 6.31. The highest BCUT2D eigenvalue weighted by molar-refractivity contribution is 7.98. The van der Waals surface area contributed by atoms with E-state index in [1.54, 1.807) is 30.0 Å². The lowest BCUT2D eigenvalue weighted by Crippen LogP contribution is -2.22. The van der Waals surface area contributed by atoms with Crippen LogP contribution in [0.25, 0.3) is 10.8 Å². The maximum absolute atomic E-state index is 12.1. The first kappa shape index (κ1) is 15.2. The molecule has 110 valence electrons. The number of amides is 1. The minimum atomic E-state index is -0.440. The van der Waals surface area contributed by atoms with Gasteiger partial charge in [-0.05, 0) is 12.3 Å². The average molecular weight is 305 g/mol. The molecule has 1 N–H and O–H groups in total. The summed E-state index contributed by atoms with van der Waals surface area (Å²) < 4.78 is 0. The smallest absolute Gasteiger partial charge is 0.277 e. The molecule has 0 aliphatic rings.